The monoisotopic (exact) mass is 386 g/mol. The molecule has 0 unspecified atom stereocenters. The largest absolute Gasteiger partial charge is 0.368 e. The Morgan fingerprint density at radius 2 is 2.07 bits per heavy atom. The van der Waals surface area contributed by atoms with E-state index in [0.29, 0.717) is 17.9 Å². The number of nitrogens with one attached hydrogen (secondary N) is 1. The van der Waals surface area contributed by atoms with E-state index in [1.54, 1.807) is 12.1 Å². The van der Waals surface area contributed by atoms with Crippen LogP contribution in [0.4, 0.5) is 4.39 Å². The first-order valence-corrected chi connectivity index (χ1v) is 10.0. The summed E-state index contributed by atoms with van der Waals surface area (Å²) in [6, 6.07) is 8.90. The van der Waals surface area contributed by atoms with Crippen molar-refractivity contribution in [3.8, 4) is 11.3 Å². The molecule has 0 spiro atoms. The first kappa shape index (κ1) is 19.1. The highest BCUT2D eigenvalue weighted by Gasteiger charge is 2.27. The molecular formula is C21H27FN4O2. The van der Waals surface area contributed by atoms with Crippen LogP contribution in [-0.2, 0) is 23.1 Å². The smallest absolute Gasteiger partial charge is 0.249 e. The van der Waals surface area contributed by atoms with Crippen LogP contribution in [0.3, 0.4) is 0 Å². The average molecular weight is 386 g/mol. The molecule has 1 amide bonds. The number of hydrogen-bond donors (Lipinski definition) is 1. The zero-order valence-corrected chi connectivity index (χ0v) is 16.2. The van der Waals surface area contributed by atoms with Crippen LogP contribution < -0.4 is 5.32 Å². The third-order valence-corrected chi connectivity index (χ3v) is 5.67. The Hall–Kier alpha value is -2.25. The molecule has 2 aromatic rings. The number of likely N-dealkylation sites (tertiary alicyclic amines) is 1. The van der Waals surface area contributed by atoms with Crippen molar-refractivity contribution in [1.29, 1.82) is 0 Å². The van der Waals surface area contributed by atoms with Crippen molar-refractivity contribution in [3.05, 3.63) is 41.8 Å². The third kappa shape index (κ3) is 4.25. The number of carbonyl (C=O) groups is 1. The van der Waals surface area contributed by atoms with Crippen LogP contribution >= 0.6 is 0 Å². The highest BCUT2D eigenvalue weighted by Crippen LogP contribution is 2.23. The van der Waals surface area contributed by atoms with Crippen molar-refractivity contribution < 1.29 is 13.9 Å². The van der Waals surface area contributed by atoms with Gasteiger partial charge in [-0.3, -0.25) is 14.4 Å². The van der Waals surface area contributed by atoms with E-state index in [0.717, 1.165) is 51.0 Å². The summed E-state index contributed by atoms with van der Waals surface area (Å²) in [4.78, 5) is 14.6. The molecule has 3 heterocycles. The van der Waals surface area contributed by atoms with Gasteiger partial charge in [0.15, 0.2) is 0 Å². The van der Waals surface area contributed by atoms with Crippen molar-refractivity contribution in [3.63, 3.8) is 0 Å². The molecule has 2 aliphatic rings. The standard InChI is InChI=1S/C21H27FN4O2/c1-25-16(13-19(24-25)17-5-2-3-6-18(17)22)14-26-10-8-15(9-11-26)23-21(27)20-7-4-12-28-20/h2-3,5-6,13,15,20H,4,7-12,14H2,1H3,(H,23,27)/t20-/m1/s1. The van der Waals surface area contributed by atoms with Crippen LogP contribution in [0.2, 0.25) is 0 Å². The maximum Gasteiger partial charge on any atom is 0.249 e. The molecule has 4 rings (SSSR count). The van der Waals surface area contributed by atoms with Gasteiger partial charge in [-0.15, -0.1) is 0 Å². The fourth-order valence-corrected chi connectivity index (χ4v) is 4.00. The second-order valence-electron chi connectivity index (χ2n) is 7.69. The topological polar surface area (TPSA) is 59.4 Å². The van der Waals surface area contributed by atoms with Crippen molar-refractivity contribution in [1.82, 2.24) is 20.0 Å². The molecule has 0 saturated carbocycles. The van der Waals surface area contributed by atoms with Crippen LogP contribution in [0.5, 0.6) is 0 Å². The van der Waals surface area contributed by atoms with Gasteiger partial charge in [-0.2, -0.15) is 5.10 Å². The van der Waals surface area contributed by atoms with Crippen molar-refractivity contribution in [2.24, 2.45) is 7.05 Å². The first-order chi connectivity index (χ1) is 13.6. The lowest BCUT2D eigenvalue weighted by molar-refractivity contribution is -0.131. The number of halogens is 1. The lowest BCUT2D eigenvalue weighted by Gasteiger charge is -2.32. The molecule has 2 aliphatic heterocycles. The molecule has 150 valence electrons. The molecule has 1 N–H and O–H groups in total. The Balaban J connectivity index is 1.31. The number of aryl methyl sites for hydroxylation is 1. The Morgan fingerprint density at radius 3 is 2.79 bits per heavy atom. The summed E-state index contributed by atoms with van der Waals surface area (Å²) in [6.45, 7) is 3.29. The number of amides is 1. The van der Waals surface area contributed by atoms with Gasteiger partial charge in [-0.25, -0.2) is 4.39 Å². The normalized spacial score (nSPS) is 21.1. The Kier molecular flexibility index (Phi) is 5.73. The summed E-state index contributed by atoms with van der Waals surface area (Å²) in [7, 11) is 1.90. The molecule has 0 aliphatic carbocycles. The van der Waals surface area contributed by atoms with Gasteiger partial charge in [0.2, 0.25) is 5.91 Å². The lowest BCUT2D eigenvalue weighted by atomic mass is 10.0. The number of aromatic nitrogens is 2. The van der Waals surface area contributed by atoms with Crippen LogP contribution in [0, 0.1) is 5.82 Å². The first-order valence-electron chi connectivity index (χ1n) is 10.0. The van der Waals surface area contributed by atoms with Crippen LogP contribution in [-0.4, -0.2) is 52.4 Å². The van der Waals surface area contributed by atoms with Crippen molar-refractivity contribution in [2.45, 2.75) is 44.4 Å². The number of ether oxygens (including phenoxy) is 1. The van der Waals surface area contributed by atoms with Gasteiger partial charge in [0.25, 0.3) is 0 Å². The number of hydrogen-bond acceptors (Lipinski definition) is 4. The Labute approximate surface area is 164 Å². The van der Waals surface area contributed by atoms with Crippen LogP contribution in [0.25, 0.3) is 11.3 Å². The maximum atomic E-state index is 14.0. The minimum Gasteiger partial charge on any atom is -0.368 e. The van der Waals surface area contributed by atoms with Gasteiger partial charge in [0.05, 0.1) is 11.4 Å². The predicted octanol–water partition coefficient (Wildman–Crippen LogP) is 2.49. The van der Waals surface area contributed by atoms with Crippen LogP contribution in [0.15, 0.2) is 30.3 Å². The molecule has 6 nitrogen and oxygen atoms in total. The minimum atomic E-state index is -0.260. The fraction of sp³-hybridized carbons (Fsp3) is 0.524. The Bertz CT molecular complexity index is 824. The van der Waals surface area contributed by atoms with Gasteiger partial charge in [0, 0.05) is 44.9 Å². The molecule has 7 heteroatoms. The van der Waals surface area contributed by atoms with E-state index in [2.05, 4.69) is 15.3 Å². The van der Waals surface area contributed by atoms with Gasteiger partial charge < -0.3 is 10.1 Å². The lowest BCUT2D eigenvalue weighted by Crippen LogP contribution is -2.47. The molecule has 2 fully saturated rings. The van der Waals surface area contributed by atoms with E-state index < -0.39 is 0 Å². The van der Waals surface area contributed by atoms with Gasteiger partial charge in [-0.1, -0.05) is 12.1 Å². The van der Waals surface area contributed by atoms with E-state index in [1.807, 2.05) is 23.9 Å². The number of nitrogens with zero attached hydrogens (tertiary/aromatic N) is 3. The number of carbonyl (C=O) groups excluding carboxylic acids is 1. The highest BCUT2D eigenvalue weighted by atomic mass is 19.1. The summed E-state index contributed by atoms with van der Waals surface area (Å²) in [5.74, 6) is -0.216. The predicted molar refractivity (Wildman–Crippen MR) is 104 cm³/mol. The number of piperidine rings is 1. The maximum absolute atomic E-state index is 14.0. The van der Waals surface area contributed by atoms with Gasteiger partial charge in [-0.05, 0) is 43.9 Å². The van der Waals surface area contributed by atoms with Crippen molar-refractivity contribution >= 4 is 5.91 Å². The summed E-state index contributed by atoms with van der Waals surface area (Å²) in [5, 5.41) is 7.62. The average Bonchev–Trinajstić information content (AvgIpc) is 3.34. The number of rotatable bonds is 5. The minimum absolute atomic E-state index is 0.0390. The molecule has 2 saturated heterocycles. The van der Waals surface area contributed by atoms with Gasteiger partial charge >= 0.3 is 0 Å². The van der Waals surface area contributed by atoms with E-state index in [4.69, 9.17) is 4.74 Å². The number of benzene rings is 1. The second-order valence-corrected chi connectivity index (χ2v) is 7.69. The summed E-state index contributed by atoms with van der Waals surface area (Å²) >= 11 is 0. The SMILES string of the molecule is Cn1nc(-c2ccccc2F)cc1CN1CCC(NC(=O)[C@H]2CCCO2)CC1. The quantitative estimate of drug-likeness (QED) is 0.858. The summed E-state index contributed by atoms with van der Waals surface area (Å²) in [5.41, 5.74) is 2.24. The zero-order valence-electron chi connectivity index (χ0n) is 16.2. The second kappa shape index (κ2) is 8.41. The van der Waals surface area contributed by atoms with Crippen LogP contribution in [0.1, 0.15) is 31.4 Å². The third-order valence-electron chi connectivity index (χ3n) is 5.67. The van der Waals surface area contributed by atoms with E-state index in [-0.39, 0.29) is 23.9 Å². The highest BCUT2D eigenvalue weighted by molar-refractivity contribution is 5.81. The summed E-state index contributed by atoms with van der Waals surface area (Å²) in [6.07, 6.45) is 3.39. The Morgan fingerprint density at radius 1 is 1.29 bits per heavy atom. The molecule has 0 bridgehead atoms. The zero-order chi connectivity index (χ0) is 19.5. The molecule has 1 atom stereocenters. The van der Waals surface area contributed by atoms with Crippen molar-refractivity contribution in [2.75, 3.05) is 19.7 Å². The van der Waals surface area contributed by atoms with E-state index in [9.17, 15) is 9.18 Å². The molecular weight excluding hydrogens is 359 g/mol. The molecule has 1 aromatic carbocycles. The van der Waals surface area contributed by atoms with Gasteiger partial charge in [0.1, 0.15) is 11.9 Å². The summed E-state index contributed by atoms with van der Waals surface area (Å²) < 4.78 is 21.3. The van der Waals surface area contributed by atoms with E-state index >= 15 is 0 Å². The fourth-order valence-electron chi connectivity index (χ4n) is 4.00. The molecule has 1 aromatic heterocycles. The molecule has 0 radical (unpaired) electrons. The molecule has 28 heavy (non-hydrogen) atoms. The van der Waals surface area contributed by atoms with E-state index in [1.165, 1.54) is 6.07 Å².